The molecule has 0 aromatic carbocycles. The Morgan fingerprint density at radius 3 is 2.40 bits per heavy atom. The van der Waals surface area contributed by atoms with Gasteiger partial charge in [0.2, 0.25) is 0 Å². The van der Waals surface area contributed by atoms with Crippen LogP contribution >= 0.6 is 22.9 Å². The Labute approximate surface area is 164 Å². The van der Waals surface area contributed by atoms with Crippen molar-refractivity contribution in [2.75, 3.05) is 38.2 Å². The van der Waals surface area contributed by atoms with Crippen LogP contribution in [0.2, 0.25) is 0 Å². The number of hydrogen-bond donors (Lipinski definition) is 0. The second kappa shape index (κ2) is 8.10. The highest BCUT2D eigenvalue weighted by atomic mass is 127. The third-order valence-electron chi connectivity index (χ3n) is 5.96. The van der Waals surface area contributed by atoms with Crippen molar-refractivity contribution < 1.29 is 9.47 Å². The van der Waals surface area contributed by atoms with Gasteiger partial charge in [0.1, 0.15) is 5.82 Å². The summed E-state index contributed by atoms with van der Waals surface area (Å²) in [6.45, 7) is 4.45. The van der Waals surface area contributed by atoms with E-state index in [1.165, 1.54) is 25.9 Å². The molecule has 0 radical (unpaired) electrons. The monoisotopic (exact) mass is 460 g/mol. The Morgan fingerprint density at radius 1 is 1.00 bits per heavy atom. The van der Waals surface area contributed by atoms with Crippen LogP contribution in [0, 0.1) is 0 Å². The molecule has 3 fully saturated rings. The molecule has 2 saturated heterocycles. The van der Waals surface area contributed by atoms with Gasteiger partial charge in [-0.25, -0.2) is 8.10 Å². The van der Waals surface area contributed by atoms with Crippen molar-refractivity contribution in [3.63, 3.8) is 0 Å². The molecule has 1 saturated carbocycles. The second-order valence-corrected chi connectivity index (χ2v) is 8.96. The third-order valence-corrected chi connectivity index (χ3v) is 6.92. The lowest BCUT2D eigenvalue weighted by Crippen LogP contribution is -2.43. The van der Waals surface area contributed by atoms with Gasteiger partial charge in [0, 0.05) is 68.4 Å². The van der Waals surface area contributed by atoms with Gasteiger partial charge in [0.15, 0.2) is 0 Å². The predicted molar refractivity (Wildman–Crippen MR) is 106 cm³/mol. The highest BCUT2D eigenvalue weighted by Gasteiger charge is 2.33. The minimum absolute atomic E-state index is 0.411. The molecule has 0 bridgehead atoms. The Bertz CT molecular complexity index is 547. The maximum absolute atomic E-state index is 6.22. The number of rotatable bonds is 5. The van der Waals surface area contributed by atoms with E-state index in [2.05, 4.69) is 46.6 Å². The molecule has 1 aromatic rings. The summed E-state index contributed by atoms with van der Waals surface area (Å²) in [7, 11) is 1.80. The predicted octanol–water partition coefficient (Wildman–Crippen LogP) is 3.03. The quantitative estimate of drug-likeness (QED) is 0.500. The number of halogens is 1. The number of nitrogens with zero attached hydrogens (tertiary/aromatic N) is 4. The molecular formula is C18H29IN4O2. The van der Waals surface area contributed by atoms with Gasteiger partial charge >= 0.3 is 0 Å². The maximum Gasteiger partial charge on any atom is 0.146 e. The fourth-order valence-electron chi connectivity index (χ4n) is 4.14. The number of ether oxygens (including phenoxy) is 2. The van der Waals surface area contributed by atoms with Crippen LogP contribution < -0.4 is 4.90 Å². The standard InChI is InChI=1S/C18H29IN4O2/c1-24-16-10-17(11-16)25-15-4-6-21(7-5-15)18-12-22(13-20-18)14-2-8-23(19)9-3-14/h12-17H,2-11H2,1H3. The SMILES string of the molecule is COC1CC(OC2CCN(c3cn(C4CCN(I)CC4)cn3)CC2)C1. The van der Waals surface area contributed by atoms with Crippen LogP contribution in [-0.4, -0.2) is 64.3 Å². The number of piperidine rings is 2. The van der Waals surface area contributed by atoms with Gasteiger partial charge in [-0.3, -0.25) is 0 Å². The fraction of sp³-hybridized carbons (Fsp3) is 0.833. The van der Waals surface area contributed by atoms with Crippen LogP contribution in [0.15, 0.2) is 12.5 Å². The van der Waals surface area contributed by atoms with E-state index in [-0.39, 0.29) is 0 Å². The van der Waals surface area contributed by atoms with Crippen molar-refractivity contribution in [1.82, 2.24) is 12.7 Å². The largest absolute Gasteiger partial charge is 0.381 e. The van der Waals surface area contributed by atoms with Gasteiger partial charge in [-0.2, -0.15) is 0 Å². The van der Waals surface area contributed by atoms with Crippen LogP contribution in [0.3, 0.4) is 0 Å². The van der Waals surface area contributed by atoms with E-state index in [9.17, 15) is 0 Å². The van der Waals surface area contributed by atoms with Gasteiger partial charge in [-0.1, -0.05) is 0 Å². The first-order chi connectivity index (χ1) is 12.2. The van der Waals surface area contributed by atoms with Crippen LogP contribution in [0.5, 0.6) is 0 Å². The summed E-state index contributed by atoms with van der Waals surface area (Å²) in [6, 6.07) is 0.612. The summed E-state index contributed by atoms with van der Waals surface area (Å²) in [5, 5.41) is 0. The summed E-state index contributed by atoms with van der Waals surface area (Å²) in [5.41, 5.74) is 0. The van der Waals surface area contributed by atoms with Gasteiger partial charge < -0.3 is 18.9 Å². The molecule has 0 spiro atoms. The van der Waals surface area contributed by atoms with Crippen LogP contribution in [-0.2, 0) is 9.47 Å². The lowest BCUT2D eigenvalue weighted by molar-refractivity contribution is -0.119. The molecular weight excluding hydrogens is 431 g/mol. The molecule has 0 N–H and O–H groups in total. The van der Waals surface area contributed by atoms with E-state index in [1.807, 2.05) is 6.33 Å². The highest BCUT2D eigenvalue weighted by molar-refractivity contribution is 14.1. The van der Waals surface area contributed by atoms with Crippen molar-refractivity contribution in [2.24, 2.45) is 0 Å². The first-order valence-corrected chi connectivity index (χ1v) is 10.5. The molecule has 25 heavy (non-hydrogen) atoms. The molecule has 6 nitrogen and oxygen atoms in total. The zero-order valence-electron chi connectivity index (χ0n) is 15.0. The summed E-state index contributed by atoms with van der Waals surface area (Å²) >= 11 is 2.43. The summed E-state index contributed by atoms with van der Waals surface area (Å²) < 4.78 is 16.3. The Morgan fingerprint density at radius 2 is 1.72 bits per heavy atom. The molecule has 140 valence electrons. The zero-order valence-corrected chi connectivity index (χ0v) is 17.2. The Hall–Kier alpha value is -0.380. The zero-order chi connectivity index (χ0) is 17.2. The van der Waals surface area contributed by atoms with E-state index < -0.39 is 0 Å². The first kappa shape index (κ1) is 18.0. The lowest BCUT2D eigenvalue weighted by atomic mass is 9.91. The van der Waals surface area contributed by atoms with E-state index in [0.717, 1.165) is 44.6 Å². The number of imidazole rings is 1. The molecule has 0 unspecified atom stereocenters. The van der Waals surface area contributed by atoms with Crippen LogP contribution in [0.25, 0.3) is 0 Å². The summed E-state index contributed by atoms with van der Waals surface area (Å²) in [5.74, 6) is 1.14. The maximum atomic E-state index is 6.22. The third kappa shape index (κ3) is 4.31. The van der Waals surface area contributed by atoms with Crippen LogP contribution in [0.1, 0.15) is 44.6 Å². The molecule has 0 atom stereocenters. The Kier molecular flexibility index (Phi) is 5.84. The molecule has 1 aliphatic carbocycles. The molecule has 3 aliphatic rings. The summed E-state index contributed by atoms with van der Waals surface area (Å²) in [6.07, 6.45) is 12.3. The first-order valence-electron chi connectivity index (χ1n) is 9.58. The van der Waals surface area contributed by atoms with Crippen LogP contribution in [0.4, 0.5) is 5.82 Å². The molecule has 3 heterocycles. The second-order valence-electron chi connectivity index (χ2n) is 7.59. The summed E-state index contributed by atoms with van der Waals surface area (Å²) in [4.78, 5) is 7.10. The van der Waals surface area contributed by atoms with Crippen molar-refractivity contribution in [1.29, 1.82) is 0 Å². The van der Waals surface area contributed by atoms with E-state index in [0.29, 0.717) is 24.4 Å². The van der Waals surface area contributed by atoms with Crippen molar-refractivity contribution >= 4 is 28.7 Å². The van der Waals surface area contributed by atoms with E-state index in [4.69, 9.17) is 9.47 Å². The molecule has 4 rings (SSSR count). The van der Waals surface area contributed by atoms with E-state index in [1.54, 1.807) is 7.11 Å². The van der Waals surface area contributed by atoms with Crippen molar-refractivity contribution in [3.05, 3.63) is 12.5 Å². The Balaban J connectivity index is 1.24. The number of methoxy groups -OCH3 is 1. The van der Waals surface area contributed by atoms with E-state index >= 15 is 0 Å². The minimum atomic E-state index is 0.411. The van der Waals surface area contributed by atoms with Gasteiger partial charge in [-0.15, -0.1) is 0 Å². The number of aromatic nitrogens is 2. The molecule has 0 amide bonds. The number of anilines is 1. The molecule has 7 heteroatoms. The topological polar surface area (TPSA) is 42.8 Å². The smallest absolute Gasteiger partial charge is 0.146 e. The van der Waals surface area contributed by atoms with Crippen molar-refractivity contribution in [3.8, 4) is 0 Å². The van der Waals surface area contributed by atoms with Gasteiger partial charge in [0.25, 0.3) is 0 Å². The average molecular weight is 460 g/mol. The highest BCUT2D eigenvalue weighted by Crippen LogP contribution is 2.30. The fourth-order valence-corrected chi connectivity index (χ4v) is 4.69. The lowest BCUT2D eigenvalue weighted by Gasteiger charge is -2.39. The average Bonchev–Trinajstić information content (AvgIpc) is 3.09. The minimum Gasteiger partial charge on any atom is -0.381 e. The molecule has 1 aromatic heterocycles. The van der Waals surface area contributed by atoms with Gasteiger partial charge in [0.05, 0.1) is 24.6 Å². The molecule has 2 aliphatic heterocycles. The van der Waals surface area contributed by atoms with Gasteiger partial charge in [-0.05, 0) is 38.5 Å². The van der Waals surface area contributed by atoms with Crippen molar-refractivity contribution in [2.45, 2.75) is 62.9 Å². The normalized spacial score (nSPS) is 29.8. The number of hydrogen-bond acceptors (Lipinski definition) is 5.